The van der Waals surface area contributed by atoms with Crippen molar-refractivity contribution in [3.05, 3.63) is 63.4 Å². The summed E-state index contributed by atoms with van der Waals surface area (Å²) >= 11 is 11.7. The predicted molar refractivity (Wildman–Crippen MR) is 80.6 cm³/mol. The van der Waals surface area contributed by atoms with E-state index in [2.05, 4.69) is 5.32 Å². The Morgan fingerprint density at radius 1 is 1.24 bits per heavy atom. The summed E-state index contributed by atoms with van der Waals surface area (Å²) in [5, 5.41) is 3.44. The van der Waals surface area contributed by atoms with Gasteiger partial charge in [-0.05, 0) is 35.9 Å². The quantitative estimate of drug-likeness (QED) is 0.919. The molecule has 0 saturated carbocycles. The summed E-state index contributed by atoms with van der Waals surface area (Å²) < 4.78 is 18.1. The van der Waals surface area contributed by atoms with Gasteiger partial charge in [0.05, 0.1) is 12.7 Å². The number of hydrogen-bond donors (Lipinski definition) is 1. The van der Waals surface area contributed by atoms with E-state index in [1.807, 2.05) is 0 Å². The lowest BCUT2D eigenvalue weighted by Gasteiger charge is -2.10. The summed E-state index contributed by atoms with van der Waals surface area (Å²) in [5.74, 6) is -0.372. The molecule has 0 aromatic heterocycles. The van der Waals surface area contributed by atoms with Crippen LogP contribution in [0.25, 0.3) is 0 Å². The molecular formula is C15H12Cl2FNO2. The highest BCUT2D eigenvalue weighted by Crippen LogP contribution is 2.23. The first-order valence-corrected chi connectivity index (χ1v) is 6.82. The summed E-state index contributed by atoms with van der Waals surface area (Å²) in [4.78, 5) is 12.1. The maximum Gasteiger partial charge on any atom is 0.255 e. The molecule has 0 aliphatic carbocycles. The summed E-state index contributed by atoms with van der Waals surface area (Å²) in [6, 6.07) is 8.74. The second-order valence-electron chi connectivity index (χ2n) is 4.26. The average molecular weight is 328 g/mol. The van der Waals surface area contributed by atoms with Crippen molar-refractivity contribution in [2.45, 2.75) is 6.54 Å². The van der Waals surface area contributed by atoms with E-state index >= 15 is 0 Å². The van der Waals surface area contributed by atoms with Crippen LogP contribution in [0.15, 0.2) is 36.4 Å². The molecule has 0 heterocycles. The molecule has 0 aliphatic rings. The summed E-state index contributed by atoms with van der Waals surface area (Å²) in [7, 11) is 1.46. The van der Waals surface area contributed by atoms with E-state index in [1.54, 1.807) is 18.2 Å². The van der Waals surface area contributed by atoms with Gasteiger partial charge >= 0.3 is 0 Å². The molecule has 2 aromatic rings. The van der Waals surface area contributed by atoms with Gasteiger partial charge in [-0.1, -0.05) is 29.3 Å². The predicted octanol–water partition coefficient (Wildman–Crippen LogP) is 4.07. The number of carbonyl (C=O) groups is 1. The van der Waals surface area contributed by atoms with Crippen molar-refractivity contribution in [1.29, 1.82) is 0 Å². The minimum atomic E-state index is -0.422. The molecule has 0 radical (unpaired) electrons. The molecule has 2 aromatic carbocycles. The Bertz CT molecular complexity index is 677. The molecule has 0 atom stereocenters. The zero-order valence-corrected chi connectivity index (χ0v) is 12.6. The van der Waals surface area contributed by atoms with Crippen LogP contribution in [0.3, 0.4) is 0 Å². The molecule has 1 amide bonds. The van der Waals surface area contributed by atoms with Crippen LogP contribution in [0.2, 0.25) is 10.0 Å². The van der Waals surface area contributed by atoms with Crippen molar-refractivity contribution in [1.82, 2.24) is 5.32 Å². The fourth-order valence-electron chi connectivity index (χ4n) is 1.79. The van der Waals surface area contributed by atoms with E-state index in [4.69, 9.17) is 27.9 Å². The second kappa shape index (κ2) is 6.78. The molecule has 0 bridgehead atoms. The Hall–Kier alpha value is -1.78. The fraction of sp³-hybridized carbons (Fsp3) is 0.133. The smallest absolute Gasteiger partial charge is 0.255 e. The Balaban J connectivity index is 2.11. The van der Waals surface area contributed by atoms with E-state index in [1.165, 1.54) is 25.3 Å². The molecule has 0 fully saturated rings. The normalized spacial score (nSPS) is 10.3. The summed E-state index contributed by atoms with van der Waals surface area (Å²) in [6.07, 6.45) is 0. The van der Waals surface area contributed by atoms with Gasteiger partial charge in [-0.25, -0.2) is 4.39 Å². The Morgan fingerprint density at radius 3 is 2.67 bits per heavy atom. The highest BCUT2D eigenvalue weighted by Gasteiger charge is 2.13. The molecule has 0 spiro atoms. The fourth-order valence-corrected chi connectivity index (χ4v) is 2.18. The number of ether oxygens (including phenoxy) is 1. The van der Waals surface area contributed by atoms with Crippen LogP contribution in [-0.2, 0) is 6.54 Å². The van der Waals surface area contributed by atoms with Crippen LogP contribution in [0.5, 0.6) is 5.75 Å². The molecule has 6 heteroatoms. The number of benzene rings is 2. The third-order valence-corrected chi connectivity index (χ3v) is 3.45. The molecule has 1 N–H and O–H groups in total. The first kappa shape index (κ1) is 15.6. The van der Waals surface area contributed by atoms with Gasteiger partial charge in [-0.15, -0.1) is 0 Å². The lowest BCUT2D eigenvalue weighted by atomic mass is 10.1. The first-order valence-electron chi connectivity index (χ1n) is 6.07. The standard InChI is InChI=1S/C15H12Cl2FNO2/c1-21-14-6-10(16)3-5-12(14)15(20)19-8-9-2-4-11(18)7-13(9)17/h2-7H,8H2,1H3,(H,19,20). The highest BCUT2D eigenvalue weighted by molar-refractivity contribution is 6.31. The van der Waals surface area contributed by atoms with Gasteiger partial charge in [0.1, 0.15) is 11.6 Å². The Labute approximate surface area is 131 Å². The van der Waals surface area contributed by atoms with Crippen LogP contribution < -0.4 is 10.1 Å². The van der Waals surface area contributed by atoms with Crippen molar-refractivity contribution in [3.63, 3.8) is 0 Å². The van der Waals surface area contributed by atoms with E-state index < -0.39 is 5.82 Å². The van der Waals surface area contributed by atoms with Crippen LogP contribution in [0.4, 0.5) is 4.39 Å². The maximum atomic E-state index is 12.9. The third kappa shape index (κ3) is 3.86. The van der Waals surface area contributed by atoms with E-state index in [9.17, 15) is 9.18 Å². The van der Waals surface area contributed by atoms with E-state index in [0.29, 0.717) is 21.9 Å². The van der Waals surface area contributed by atoms with Gasteiger partial charge in [0.2, 0.25) is 0 Å². The third-order valence-electron chi connectivity index (χ3n) is 2.86. The average Bonchev–Trinajstić information content (AvgIpc) is 2.45. The van der Waals surface area contributed by atoms with Crippen LogP contribution in [0.1, 0.15) is 15.9 Å². The molecule has 2 rings (SSSR count). The molecule has 0 saturated heterocycles. The van der Waals surface area contributed by atoms with Crippen LogP contribution in [-0.4, -0.2) is 13.0 Å². The summed E-state index contributed by atoms with van der Waals surface area (Å²) in [6.45, 7) is 0.184. The van der Waals surface area contributed by atoms with Gasteiger partial charge in [-0.3, -0.25) is 4.79 Å². The number of amides is 1. The molecule has 21 heavy (non-hydrogen) atoms. The number of halogens is 3. The largest absolute Gasteiger partial charge is 0.496 e. The van der Waals surface area contributed by atoms with Crippen molar-refractivity contribution in [3.8, 4) is 5.75 Å². The highest BCUT2D eigenvalue weighted by atomic mass is 35.5. The Morgan fingerprint density at radius 2 is 2.00 bits per heavy atom. The second-order valence-corrected chi connectivity index (χ2v) is 5.11. The van der Waals surface area contributed by atoms with Crippen molar-refractivity contribution < 1.29 is 13.9 Å². The lowest BCUT2D eigenvalue weighted by Crippen LogP contribution is -2.23. The maximum absolute atomic E-state index is 12.9. The van der Waals surface area contributed by atoms with Crippen LogP contribution >= 0.6 is 23.2 Å². The van der Waals surface area contributed by atoms with E-state index in [-0.39, 0.29) is 17.5 Å². The van der Waals surface area contributed by atoms with Gasteiger partial charge < -0.3 is 10.1 Å². The minimum absolute atomic E-state index is 0.184. The zero-order valence-electron chi connectivity index (χ0n) is 11.1. The van der Waals surface area contributed by atoms with Gasteiger partial charge in [0.15, 0.2) is 0 Å². The number of hydrogen-bond acceptors (Lipinski definition) is 2. The molecule has 3 nitrogen and oxygen atoms in total. The van der Waals surface area contributed by atoms with Gasteiger partial charge in [0.25, 0.3) is 5.91 Å². The lowest BCUT2D eigenvalue weighted by molar-refractivity contribution is 0.0948. The monoisotopic (exact) mass is 327 g/mol. The molecule has 0 aliphatic heterocycles. The van der Waals surface area contributed by atoms with Crippen molar-refractivity contribution >= 4 is 29.1 Å². The number of carbonyl (C=O) groups excluding carboxylic acids is 1. The molecule has 110 valence electrons. The first-order chi connectivity index (χ1) is 10.0. The van der Waals surface area contributed by atoms with Gasteiger partial charge in [-0.2, -0.15) is 0 Å². The zero-order chi connectivity index (χ0) is 15.4. The number of nitrogens with one attached hydrogen (secondary N) is 1. The van der Waals surface area contributed by atoms with Gasteiger partial charge in [0, 0.05) is 16.6 Å². The SMILES string of the molecule is COc1cc(Cl)ccc1C(=O)NCc1ccc(F)cc1Cl. The Kier molecular flexibility index (Phi) is 5.04. The topological polar surface area (TPSA) is 38.3 Å². The molecule has 0 unspecified atom stereocenters. The van der Waals surface area contributed by atoms with Crippen LogP contribution in [0, 0.1) is 5.82 Å². The number of methoxy groups -OCH3 is 1. The molecular weight excluding hydrogens is 316 g/mol. The van der Waals surface area contributed by atoms with Crippen molar-refractivity contribution in [2.75, 3.05) is 7.11 Å². The van der Waals surface area contributed by atoms with Crippen molar-refractivity contribution in [2.24, 2.45) is 0 Å². The summed E-state index contributed by atoms with van der Waals surface area (Å²) in [5.41, 5.74) is 0.986. The number of rotatable bonds is 4. The minimum Gasteiger partial charge on any atom is -0.496 e. The van der Waals surface area contributed by atoms with E-state index in [0.717, 1.165) is 0 Å².